The Bertz CT molecular complexity index is 2310. The average molecular weight is 899 g/mol. The highest BCUT2D eigenvalue weighted by molar-refractivity contribution is 6.07. The molecule has 19 heteroatoms. The molecule has 4 amide bonds. The minimum Gasteiger partial charge on any atom is -0.508 e. The molecule has 4 aromatic rings. The fourth-order valence-corrected chi connectivity index (χ4v) is 7.95. The maximum Gasteiger partial charge on any atom is 0.391 e. The smallest absolute Gasteiger partial charge is 0.391 e. The number of aromatic nitrogens is 2. The van der Waals surface area contributed by atoms with Gasteiger partial charge in [-0.1, -0.05) is 57.3 Å². The normalized spacial score (nSPS) is 16.8. The summed E-state index contributed by atoms with van der Waals surface area (Å²) in [6.45, 7) is 11.6. The van der Waals surface area contributed by atoms with Crippen LogP contribution in [0.2, 0.25) is 0 Å². The number of amides is 4. The maximum absolute atomic E-state index is 13.0. The number of nitrogens with one attached hydrogen (secondary N) is 4. The van der Waals surface area contributed by atoms with Crippen molar-refractivity contribution in [3.05, 3.63) is 46.8 Å². The van der Waals surface area contributed by atoms with Crippen LogP contribution in [-0.2, 0) is 9.59 Å². The monoisotopic (exact) mass is 898 g/mol. The third-order valence-electron chi connectivity index (χ3n) is 11.5. The Kier molecular flexibility index (Phi) is 16.0. The SMILES string of the molecule is CCNC(=O)c1noc(-c2cc(C(C)C)c(O)cc2O)c1NC(=O)C1CCC(C(F)(F)F)CC1.CCNC(=O)c1noc(-c2cc(C(C)C)c(O)cc2O)c1NC(=O)C1CCCCC1. The number of rotatable bonds is 12. The molecule has 2 aliphatic rings. The highest BCUT2D eigenvalue weighted by Crippen LogP contribution is 2.45. The number of carbonyl (C=O) groups is 4. The molecule has 2 aliphatic carbocycles. The molecule has 16 nitrogen and oxygen atoms in total. The summed E-state index contributed by atoms with van der Waals surface area (Å²) < 4.78 is 49.7. The lowest BCUT2D eigenvalue weighted by molar-refractivity contribution is -0.184. The standard InChI is InChI=1S/C23H28F3N3O5.C22H29N3O5/c1-4-27-22(33)19-18(28-21(32)12-5-7-13(8-6-12)23(24,25)26)20(34-29-19)15-9-14(11(2)3)16(30)10-17(15)31;1-4-23-22(29)19-18(24-21(28)13-8-6-5-7-9-13)20(30-25-19)15-10-14(12(2)3)16(26)11-17(15)27/h9-13,30-31H,4-8H2,1-3H3,(H,27,33)(H,28,32);10-13,26-27H,4-9H2,1-3H3,(H,23,29)(H,24,28). The summed E-state index contributed by atoms with van der Waals surface area (Å²) in [5.41, 5.74) is 1.20. The summed E-state index contributed by atoms with van der Waals surface area (Å²) >= 11 is 0. The van der Waals surface area contributed by atoms with Gasteiger partial charge in [0.25, 0.3) is 11.8 Å². The second-order valence-electron chi connectivity index (χ2n) is 16.8. The minimum absolute atomic E-state index is 0.0181. The van der Waals surface area contributed by atoms with E-state index in [1.807, 2.05) is 27.7 Å². The second kappa shape index (κ2) is 20.9. The molecule has 0 aliphatic heterocycles. The lowest BCUT2D eigenvalue weighted by Gasteiger charge is -2.29. The number of carbonyl (C=O) groups excluding carboxylic acids is 4. The topological polar surface area (TPSA) is 249 Å². The molecule has 6 rings (SSSR count). The number of halogens is 3. The van der Waals surface area contributed by atoms with Crippen LogP contribution in [0.3, 0.4) is 0 Å². The van der Waals surface area contributed by atoms with Gasteiger partial charge in [0.2, 0.25) is 11.8 Å². The van der Waals surface area contributed by atoms with Crippen LogP contribution in [0.15, 0.2) is 33.3 Å². The lowest BCUT2D eigenvalue weighted by atomic mass is 9.81. The van der Waals surface area contributed by atoms with E-state index < -0.39 is 35.7 Å². The number of anilines is 2. The van der Waals surface area contributed by atoms with Gasteiger partial charge >= 0.3 is 6.18 Å². The van der Waals surface area contributed by atoms with Crippen LogP contribution < -0.4 is 21.3 Å². The first-order valence-electron chi connectivity index (χ1n) is 21.6. The van der Waals surface area contributed by atoms with Crippen LogP contribution >= 0.6 is 0 Å². The summed E-state index contributed by atoms with van der Waals surface area (Å²) in [6.07, 6.45) is 0.197. The van der Waals surface area contributed by atoms with Crippen LogP contribution in [0.25, 0.3) is 22.6 Å². The van der Waals surface area contributed by atoms with Crippen LogP contribution in [0.5, 0.6) is 23.0 Å². The van der Waals surface area contributed by atoms with E-state index in [0.717, 1.165) is 38.2 Å². The van der Waals surface area contributed by atoms with Gasteiger partial charge in [-0.25, -0.2) is 0 Å². The molecular formula is C45H57F3N6O10. The Morgan fingerprint density at radius 2 is 1.02 bits per heavy atom. The van der Waals surface area contributed by atoms with Crippen molar-refractivity contribution in [1.29, 1.82) is 0 Å². The number of phenols is 4. The molecule has 0 atom stereocenters. The quantitative estimate of drug-likeness (QED) is 0.0663. The molecule has 0 radical (unpaired) electrons. The maximum atomic E-state index is 13.0. The van der Waals surface area contributed by atoms with E-state index in [0.29, 0.717) is 17.7 Å². The molecule has 2 aromatic carbocycles. The van der Waals surface area contributed by atoms with Gasteiger partial charge in [0.15, 0.2) is 22.9 Å². The predicted molar refractivity (Wildman–Crippen MR) is 230 cm³/mol. The predicted octanol–water partition coefficient (Wildman–Crippen LogP) is 9.08. The molecule has 2 heterocycles. The number of hydrogen-bond donors (Lipinski definition) is 8. The van der Waals surface area contributed by atoms with Crippen molar-refractivity contribution in [1.82, 2.24) is 20.9 Å². The Balaban J connectivity index is 0.000000243. The van der Waals surface area contributed by atoms with Crippen LogP contribution in [0.1, 0.15) is 143 Å². The summed E-state index contributed by atoms with van der Waals surface area (Å²) in [6, 6.07) is 5.42. The van der Waals surface area contributed by atoms with Gasteiger partial charge in [-0.15, -0.1) is 0 Å². The first-order valence-corrected chi connectivity index (χ1v) is 21.6. The average Bonchev–Trinajstić information content (AvgIpc) is 3.85. The van der Waals surface area contributed by atoms with Crippen LogP contribution in [-0.4, -0.2) is 73.6 Å². The van der Waals surface area contributed by atoms with Crippen molar-refractivity contribution in [3.63, 3.8) is 0 Å². The first-order chi connectivity index (χ1) is 30.3. The van der Waals surface area contributed by atoms with Gasteiger partial charge in [0.05, 0.1) is 17.0 Å². The number of hydrogen-bond acceptors (Lipinski definition) is 12. The van der Waals surface area contributed by atoms with Crippen molar-refractivity contribution >= 4 is 35.0 Å². The van der Waals surface area contributed by atoms with E-state index in [-0.39, 0.29) is 124 Å². The summed E-state index contributed by atoms with van der Waals surface area (Å²) in [5.74, 6) is -5.02. The fraction of sp³-hybridized carbons (Fsp3) is 0.511. The highest BCUT2D eigenvalue weighted by atomic mass is 19.4. The zero-order valence-corrected chi connectivity index (χ0v) is 36.7. The summed E-state index contributed by atoms with van der Waals surface area (Å²) in [5, 5.41) is 59.5. The Morgan fingerprint density at radius 3 is 1.38 bits per heavy atom. The summed E-state index contributed by atoms with van der Waals surface area (Å²) in [4.78, 5) is 50.9. The molecule has 0 unspecified atom stereocenters. The number of aromatic hydroxyl groups is 4. The van der Waals surface area contributed by atoms with E-state index in [4.69, 9.17) is 9.05 Å². The van der Waals surface area contributed by atoms with Crippen molar-refractivity contribution in [2.45, 2.75) is 117 Å². The van der Waals surface area contributed by atoms with Crippen LogP contribution in [0.4, 0.5) is 24.5 Å². The van der Waals surface area contributed by atoms with E-state index in [1.165, 1.54) is 12.1 Å². The van der Waals surface area contributed by atoms with Crippen molar-refractivity contribution in [2.24, 2.45) is 17.8 Å². The van der Waals surface area contributed by atoms with E-state index in [1.54, 1.807) is 19.9 Å². The zero-order valence-electron chi connectivity index (χ0n) is 36.7. The molecule has 2 saturated carbocycles. The lowest BCUT2D eigenvalue weighted by Crippen LogP contribution is -2.33. The van der Waals surface area contributed by atoms with E-state index >= 15 is 0 Å². The van der Waals surface area contributed by atoms with Crippen molar-refractivity contribution < 1.29 is 61.8 Å². The highest BCUT2D eigenvalue weighted by Gasteiger charge is 2.43. The van der Waals surface area contributed by atoms with Crippen molar-refractivity contribution in [2.75, 3.05) is 23.7 Å². The molecule has 0 saturated heterocycles. The van der Waals surface area contributed by atoms with E-state index in [2.05, 4.69) is 31.6 Å². The third-order valence-corrected chi connectivity index (χ3v) is 11.5. The molecule has 8 N–H and O–H groups in total. The largest absolute Gasteiger partial charge is 0.508 e. The molecular weight excluding hydrogens is 842 g/mol. The Hall–Kier alpha value is -6.27. The second-order valence-corrected chi connectivity index (χ2v) is 16.8. The molecule has 64 heavy (non-hydrogen) atoms. The van der Waals surface area contributed by atoms with Crippen LogP contribution in [0, 0.1) is 17.8 Å². The Morgan fingerprint density at radius 1 is 0.625 bits per heavy atom. The van der Waals surface area contributed by atoms with E-state index in [9.17, 15) is 52.8 Å². The molecule has 2 aromatic heterocycles. The number of phenolic OH excluding ortho intramolecular Hbond substituents is 4. The number of alkyl halides is 3. The molecule has 348 valence electrons. The summed E-state index contributed by atoms with van der Waals surface area (Å²) in [7, 11) is 0. The van der Waals surface area contributed by atoms with Gasteiger partial charge in [-0.3, -0.25) is 19.2 Å². The number of nitrogens with zero attached hydrogens (tertiary/aromatic N) is 2. The van der Waals surface area contributed by atoms with Gasteiger partial charge in [0, 0.05) is 37.1 Å². The molecule has 0 bridgehead atoms. The minimum atomic E-state index is -4.29. The molecule has 0 spiro atoms. The first kappa shape index (κ1) is 48.8. The number of benzene rings is 2. The zero-order chi connectivity index (χ0) is 47.0. The van der Waals surface area contributed by atoms with Gasteiger partial charge in [-0.2, -0.15) is 13.2 Å². The van der Waals surface area contributed by atoms with Gasteiger partial charge in [-0.05, 0) is 87.5 Å². The Labute approximate surface area is 368 Å². The third kappa shape index (κ3) is 11.3. The van der Waals surface area contributed by atoms with Crippen molar-refractivity contribution in [3.8, 4) is 45.6 Å². The fourth-order valence-electron chi connectivity index (χ4n) is 7.95. The molecule has 2 fully saturated rings. The van der Waals surface area contributed by atoms with Gasteiger partial charge < -0.3 is 50.7 Å². The van der Waals surface area contributed by atoms with Gasteiger partial charge in [0.1, 0.15) is 34.4 Å².